The molecule has 0 bridgehead atoms. The van der Waals surface area contributed by atoms with Crippen molar-refractivity contribution < 1.29 is 19.3 Å². The first-order valence-corrected chi connectivity index (χ1v) is 8.56. The lowest BCUT2D eigenvalue weighted by atomic mass is 10.1. The fourth-order valence-electron chi connectivity index (χ4n) is 2.36. The molecule has 7 heteroatoms. The van der Waals surface area contributed by atoms with E-state index >= 15 is 0 Å². The third-order valence-corrected chi connectivity index (χ3v) is 3.73. The van der Waals surface area contributed by atoms with Crippen LogP contribution in [0.2, 0.25) is 0 Å². The summed E-state index contributed by atoms with van der Waals surface area (Å²) in [6.07, 6.45) is 0.859. The van der Waals surface area contributed by atoms with Gasteiger partial charge in [-0.3, -0.25) is 14.4 Å². The molecule has 0 aromatic heterocycles. The van der Waals surface area contributed by atoms with Gasteiger partial charge in [0.25, 0.3) is 11.8 Å². The number of carbonyl (C=O) groups excluding carboxylic acids is 3. The SMILES string of the molecule is CCCNC(=O)[C@H](C)NC(=O)C[NH+](C)Cc1ccc(C(=O)NC)cc1. The van der Waals surface area contributed by atoms with E-state index in [4.69, 9.17) is 0 Å². The van der Waals surface area contributed by atoms with Gasteiger partial charge < -0.3 is 20.9 Å². The molecule has 4 N–H and O–H groups in total. The summed E-state index contributed by atoms with van der Waals surface area (Å²) in [5.74, 6) is -0.460. The Kier molecular flexibility index (Phi) is 8.63. The quantitative estimate of drug-likeness (QED) is 0.465. The zero-order valence-electron chi connectivity index (χ0n) is 15.4. The van der Waals surface area contributed by atoms with Crippen LogP contribution in [0.25, 0.3) is 0 Å². The number of rotatable bonds is 9. The Balaban J connectivity index is 2.45. The molecule has 0 aliphatic rings. The lowest BCUT2D eigenvalue weighted by molar-refractivity contribution is -0.885. The number of benzene rings is 1. The van der Waals surface area contributed by atoms with Gasteiger partial charge in [-0.05, 0) is 25.5 Å². The summed E-state index contributed by atoms with van der Waals surface area (Å²) < 4.78 is 0. The Labute approximate surface area is 149 Å². The van der Waals surface area contributed by atoms with E-state index in [0.29, 0.717) is 18.7 Å². The number of carbonyl (C=O) groups is 3. The van der Waals surface area contributed by atoms with Crippen molar-refractivity contribution in [2.75, 3.05) is 27.2 Å². The number of hydrogen-bond donors (Lipinski definition) is 4. The minimum Gasteiger partial charge on any atom is -0.355 e. The molecule has 3 amide bonds. The highest BCUT2D eigenvalue weighted by molar-refractivity contribution is 5.93. The Bertz CT molecular complexity index is 586. The van der Waals surface area contributed by atoms with Crippen LogP contribution in [0.4, 0.5) is 0 Å². The lowest BCUT2D eigenvalue weighted by Gasteiger charge is -2.17. The van der Waals surface area contributed by atoms with Gasteiger partial charge in [0, 0.05) is 24.7 Å². The Morgan fingerprint density at radius 2 is 1.80 bits per heavy atom. The van der Waals surface area contributed by atoms with Gasteiger partial charge in [0.15, 0.2) is 6.54 Å². The van der Waals surface area contributed by atoms with Gasteiger partial charge in [0.05, 0.1) is 7.05 Å². The zero-order chi connectivity index (χ0) is 18.8. The molecule has 0 radical (unpaired) electrons. The zero-order valence-corrected chi connectivity index (χ0v) is 15.4. The molecular weight excluding hydrogens is 320 g/mol. The maximum Gasteiger partial charge on any atom is 0.275 e. The van der Waals surface area contributed by atoms with Crippen molar-refractivity contribution in [3.63, 3.8) is 0 Å². The molecule has 0 fully saturated rings. The fraction of sp³-hybridized carbons (Fsp3) is 0.500. The van der Waals surface area contributed by atoms with E-state index in [1.54, 1.807) is 26.1 Å². The van der Waals surface area contributed by atoms with Crippen LogP contribution in [0, 0.1) is 0 Å². The van der Waals surface area contributed by atoms with E-state index in [0.717, 1.165) is 16.9 Å². The van der Waals surface area contributed by atoms with Gasteiger partial charge in [0.2, 0.25) is 5.91 Å². The van der Waals surface area contributed by atoms with Gasteiger partial charge in [-0.25, -0.2) is 0 Å². The fourth-order valence-corrected chi connectivity index (χ4v) is 2.36. The first-order valence-electron chi connectivity index (χ1n) is 8.56. The predicted molar refractivity (Wildman–Crippen MR) is 96.2 cm³/mol. The molecule has 0 heterocycles. The van der Waals surface area contributed by atoms with E-state index in [1.165, 1.54) is 0 Å². The molecule has 1 unspecified atom stereocenters. The molecule has 0 aliphatic heterocycles. The number of likely N-dealkylation sites (N-methyl/N-ethyl adjacent to an activating group) is 1. The first-order chi connectivity index (χ1) is 11.9. The van der Waals surface area contributed by atoms with Crippen molar-refractivity contribution >= 4 is 17.7 Å². The summed E-state index contributed by atoms with van der Waals surface area (Å²) in [5, 5.41) is 8.05. The average Bonchev–Trinajstić information content (AvgIpc) is 2.59. The molecule has 25 heavy (non-hydrogen) atoms. The first kappa shape index (κ1) is 20.6. The highest BCUT2D eigenvalue weighted by Crippen LogP contribution is 2.03. The number of amides is 3. The second-order valence-corrected chi connectivity index (χ2v) is 6.17. The van der Waals surface area contributed by atoms with Crippen molar-refractivity contribution in [1.29, 1.82) is 0 Å². The molecule has 138 valence electrons. The maximum atomic E-state index is 12.0. The van der Waals surface area contributed by atoms with Gasteiger partial charge in [0.1, 0.15) is 12.6 Å². The topological polar surface area (TPSA) is 91.7 Å². The largest absolute Gasteiger partial charge is 0.355 e. The third-order valence-electron chi connectivity index (χ3n) is 3.73. The van der Waals surface area contributed by atoms with E-state index < -0.39 is 6.04 Å². The van der Waals surface area contributed by atoms with Gasteiger partial charge in [-0.2, -0.15) is 0 Å². The van der Waals surface area contributed by atoms with Crippen LogP contribution in [0.15, 0.2) is 24.3 Å². The minimum absolute atomic E-state index is 0.123. The molecule has 1 rings (SSSR count). The van der Waals surface area contributed by atoms with Crippen molar-refractivity contribution in [2.45, 2.75) is 32.9 Å². The summed E-state index contributed by atoms with van der Waals surface area (Å²) >= 11 is 0. The molecule has 1 aromatic rings. The molecule has 0 aliphatic carbocycles. The van der Waals surface area contributed by atoms with E-state index in [9.17, 15) is 14.4 Å². The number of quaternary nitrogens is 1. The normalized spacial score (nSPS) is 12.8. The van der Waals surface area contributed by atoms with Gasteiger partial charge in [-0.1, -0.05) is 19.1 Å². The van der Waals surface area contributed by atoms with Crippen molar-refractivity contribution in [3.05, 3.63) is 35.4 Å². The lowest BCUT2D eigenvalue weighted by Crippen LogP contribution is -3.09. The summed E-state index contributed by atoms with van der Waals surface area (Å²) in [5.41, 5.74) is 1.64. The Hall–Kier alpha value is -2.41. The Morgan fingerprint density at radius 1 is 1.16 bits per heavy atom. The summed E-state index contributed by atoms with van der Waals surface area (Å²) in [6.45, 7) is 5.18. The highest BCUT2D eigenvalue weighted by Gasteiger charge is 2.17. The molecule has 0 saturated carbocycles. The molecule has 1 aromatic carbocycles. The van der Waals surface area contributed by atoms with E-state index in [2.05, 4.69) is 16.0 Å². The monoisotopic (exact) mass is 349 g/mol. The van der Waals surface area contributed by atoms with Crippen LogP contribution in [-0.2, 0) is 16.1 Å². The van der Waals surface area contributed by atoms with Crippen molar-refractivity contribution in [2.24, 2.45) is 0 Å². The molecule has 2 atom stereocenters. The average molecular weight is 349 g/mol. The van der Waals surface area contributed by atoms with E-state index in [-0.39, 0.29) is 24.3 Å². The van der Waals surface area contributed by atoms with Crippen LogP contribution in [0.3, 0.4) is 0 Å². The number of nitrogens with one attached hydrogen (secondary N) is 4. The van der Waals surface area contributed by atoms with Crippen LogP contribution in [-0.4, -0.2) is 50.9 Å². The molecule has 0 spiro atoms. The predicted octanol–water partition coefficient (Wildman–Crippen LogP) is -0.908. The van der Waals surface area contributed by atoms with Crippen LogP contribution in [0.5, 0.6) is 0 Å². The number of hydrogen-bond acceptors (Lipinski definition) is 3. The second-order valence-electron chi connectivity index (χ2n) is 6.17. The van der Waals surface area contributed by atoms with Gasteiger partial charge in [-0.15, -0.1) is 0 Å². The van der Waals surface area contributed by atoms with Crippen molar-refractivity contribution in [3.8, 4) is 0 Å². The molecule has 7 nitrogen and oxygen atoms in total. The van der Waals surface area contributed by atoms with Crippen molar-refractivity contribution in [1.82, 2.24) is 16.0 Å². The smallest absolute Gasteiger partial charge is 0.275 e. The standard InChI is InChI=1S/C18H28N4O3/c1-5-10-20-17(24)13(2)21-16(23)12-22(4)11-14-6-8-15(9-7-14)18(25)19-3/h6-9,13H,5,10-12H2,1-4H3,(H,19,25)(H,20,24)(H,21,23)/p+1/t13-/m0/s1. The second kappa shape index (κ2) is 10.5. The third kappa shape index (κ3) is 7.34. The van der Waals surface area contributed by atoms with Crippen LogP contribution < -0.4 is 20.9 Å². The Morgan fingerprint density at radius 3 is 2.36 bits per heavy atom. The van der Waals surface area contributed by atoms with Gasteiger partial charge >= 0.3 is 0 Å². The minimum atomic E-state index is -0.543. The molecular formula is C18H29N4O3+. The summed E-state index contributed by atoms with van der Waals surface area (Å²) in [4.78, 5) is 36.3. The van der Waals surface area contributed by atoms with E-state index in [1.807, 2.05) is 26.1 Å². The molecule has 0 saturated heterocycles. The summed E-state index contributed by atoms with van der Waals surface area (Å²) in [7, 11) is 3.50. The van der Waals surface area contributed by atoms with Crippen LogP contribution >= 0.6 is 0 Å². The highest BCUT2D eigenvalue weighted by atomic mass is 16.2. The summed E-state index contributed by atoms with van der Waals surface area (Å²) in [6, 6.07) is 6.75. The maximum absolute atomic E-state index is 12.0. The van der Waals surface area contributed by atoms with Crippen LogP contribution in [0.1, 0.15) is 36.2 Å².